The molecule has 0 bridgehead atoms. The number of ether oxygens (including phenoxy) is 1. The molecule has 7 heteroatoms. The SMILES string of the molecule is CCn1c(C(=O)Nc2ccc(F)cc2F)cc2cc(OC)ccc2c1=O. The fourth-order valence-corrected chi connectivity index (χ4v) is 2.74. The molecule has 1 aromatic heterocycles. The van der Waals surface area contributed by atoms with Crippen molar-refractivity contribution < 1.29 is 18.3 Å². The maximum Gasteiger partial charge on any atom is 0.272 e. The number of carbonyl (C=O) groups excluding carboxylic acids is 1. The average molecular weight is 358 g/mol. The third-order valence-electron chi connectivity index (χ3n) is 4.05. The van der Waals surface area contributed by atoms with Gasteiger partial charge in [0.25, 0.3) is 11.5 Å². The summed E-state index contributed by atoms with van der Waals surface area (Å²) in [4.78, 5) is 25.3. The molecular weight excluding hydrogens is 342 g/mol. The number of anilines is 1. The number of hydrogen-bond donors (Lipinski definition) is 1. The van der Waals surface area contributed by atoms with Crippen LogP contribution in [0.25, 0.3) is 10.8 Å². The van der Waals surface area contributed by atoms with Gasteiger partial charge in [-0.1, -0.05) is 0 Å². The summed E-state index contributed by atoms with van der Waals surface area (Å²) in [5.74, 6) is -1.77. The van der Waals surface area contributed by atoms with Crippen LogP contribution in [0.4, 0.5) is 14.5 Å². The van der Waals surface area contributed by atoms with Gasteiger partial charge < -0.3 is 14.6 Å². The summed E-state index contributed by atoms with van der Waals surface area (Å²) < 4.78 is 33.3. The Morgan fingerprint density at radius 2 is 1.92 bits per heavy atom. The van der Waals surface area contributed by atoms with Gasteiger partial charge in [-0.2, -0.15) is 0 Å². The molecule has 0 fully saturated rings. The maximum absolute atomic E-state index is 13.8. The van der Waals surface area contributed by atoms with E-state index in [0.29, 0.717) is 22.6 Å². The number of carbonyl (C=O) groups is 1. The fourth-order valence-electron chi connectivity index (χ4n) is 2.74. The molecule has 3 rings (SSSR count). The monoisotopic (exact) mass is 358 g/mol. The number of benzene rings is 2. The van der Waals surface area contributed by atoms with E-state index in [1.807, 2.05) is 0 Å². The number of fused-ring (bicyclic) bond motifs is 1. The molecule has 0 aliphatic rings. The average Bonchev–Trinajstić information content (AvgIpc) is 2.63. The van der Waals surface area contributed by atoms with Gasteiger partial charge in [-0.3, -0.25) is 9.59 Å². The van der Waals surface area contributed by atoms with Crippen LogP contribution < -0.4 is 15.6 Å². The predicted molar refractivity (Wildman–Crippen MR) is 94.7 cm³/mol. The first-order valence-electron chi connectivity index (χ1n) is 7.92. The fraction of sp³-hybridized carbons (Fsp3) is 0.158. The molecule has 0 radical (unpaired) electrons. The van der Waals surface area contributed by atoms with Crippen LogP contribution in [-0.2, 0) is 6.54 Å². The van der Waals surface area contributed by atoms with Crippen molar-refractivity contribution in [2.24, 2.45) is 0 Å². The van der Waals surface area contributed by atoms with Gasteiger partial charge >= 0.3 is 0 Å². The first-order valence-corrected chi connectivity index (χ1v) is 7.92. The summed E-state index contributed by atoms with van der Waals surface area (Å²) in [6, 6.07) is 9.32. The Hall–Kier alpha value is -3.22. The Morgan fingerprint density at radius 3 is 2.58 bits per heavy atom. The lowest BCUT2D eigenvalue weighted by Crippen LogP contribution is -2.28. The molecule has 1 heterocycles. The lowest BCUT2D eigenvalue weighted by atomic mass is 10.1. The molecule has 1 amide bonds. The molecular formula is C19H16F2N2O3. The summed E-state index contributed by atoms with van der Waals surface area (Å²) in [6.45, 7) is 1.99. The van der Waals surface area contributed by atoms with Crippen molar-refractivity contribution in [3.8, 4) is 5.75 Å². The summed E-state index contributed by atoms with van der Waals surface area (Å²) in [6.07, 6.45) is 0. The molecule has 0 aliphatic heterocycles. The Kier molecular flexibility index (Phi) is 4.71. The van der Waals surface area contributed by atoms with Crippen LogP contribution >= 0.6 is 0 Å². The molecule has 0 saturated heterocycles. The molecule has 0 aliphatic carbocycles. The zero-order valence-electron chi connectivity index (χ0n) is 14.2. The summed E-state index contributed by atoms with van der Waals surface area (Å²) >= 11 is 0. The normalized spacial score (nSPS) is 10.8. The topological polar surface area (TPSA) is 60.3 Å². The van der Waals surface area contributed by atoms with Crippen LogP contribution in [-0.4, -0.2) is 17.6 Å². The van der Waals surface area contributed by atoms with Crippen molar-refractivity contribution in [2.45, 2.75) is 13.5 Å². The zero-order valence-corrected chi connectivity index (χ0v) is 14.2. The Morgan fingerprint density at radius 1 is 1.15 bits per heavy atom. The van der Waals surface area contributed by atoms with Crippen LogP contribution in [0.15, 0.2) is 47.3 Å². The smallest absolute Gasteiger partial charge is 0.272 e. The number of nitrogens with zero attached hydrogens (tertiary/aromatic N) is 1. The minimum Gasteiger partial charge on any atom is -0.497 e. The van der Waals surface area contributed by atoms with Gasteiger partial charge in [0.1, 0.15) is 23.1 Å². The number of hydrogen-bond acceptors (Lipinski definition) is 3. The van der Waals surface area contributed by atoms with E-state index in [9.17, 15) is 18.4 Å². The van der Waals surface area contributed by atoms with E-state index in [0.717, 1.165) is 12.1 Å². The van der Waals surface area contributed by atoms with E-state index in [-0.39, 0.29) is 23.5 Å². The third kappa shape index (κ3) is 3.15. The van der Waals surface area contributed by atoms with Crippen molar-refractivity contribution in [3.05, 3.63) is 70.1 Å². The van der Waals surface area contributed by atoms with Crippen molar-refractivity contribution >= 4 is 22.4 Å². The molecule has 134 valence electrons. The number of rotatable bonds is 4. The van der Waals surface area contributed by atoms with Crippen molar-refractivity contribution in [3.63, 3.8) is 0 Å². The molecule has 26 heavy (non-hydrogen) atoms. The second-order valence-corrected chi connectivity index (χ2v) is 5.61. The third-order valence-corrected chi connectivity index (χ3v) is 4.05. The van der Waals surface area contributed by atoms with Crippen LogP contribution in [0.5, 0.6) is 5.75 Å². The number of nitrogens with one attached hydrogen (secondary N) is 1. The zero-order chi connectivity index (χ0) is 18.8. The van der Waals surface area contributed by atoms with E-state index in [1.54, 1.807) is 31.2 Å². The summed E-state index contributed by atoms with van der Waals surface area (Å²) in [5.41, 5.74) is -0.434. The Labute approximate surface area is 147 Å². The van der Waals surface area contributed by atoms with Crippen molar-refractivity contribution in [1.82, 2.24) is 4.57 Å². The first-order chi connectivity index (χ1) is 12.4. The maximum atomic E-state index is 13.8. The van der Waals surface area contributed by atoms with Crippen molar-refractivity contribution in [1.29, 1.82) is 0 Å². The number of amides is 1. The highest BCUT2D eigenvalue weighted by molar-refractivity contribution is 6.05. The predicted octanol–water partition coefficient (Wildman–Crippen LogP) is 3.56. The lowest BCUT2D eigenvalue weighted by molar-refractivity contribution is 0.101. The number of methoxy groups -OCH3 is 1. The van der Waals surface area contributed by atoms with Gasteiger partial charge in [-0.15, -0.1) is 0 Å². The molecule has 2 aromatic carbocycles. The highest BCUT2D eigenvalue weighted by Gasteiger charge is 2.17. The number of pyridine rings is 1. The van der Waals surface area contributed by atoms with Gasteiger partial charge in [0.05, 0.1) is 12.8 Å². The van der Waals surface area contributed by atoms with E-state index in [4.69, 9.17) is 4.74 Å². The van der Waals surface area contributed by atoms with Crippen LogP contribution in [0, 0.1) is 11.6 Å². The number of halogens is 2. The largest absolute Gasteiger partial charge is 0.497 e. The molecule has 3 aromatic rings. The molecule has 0 spiro atoms. The summed E-state index contributed by atoms with van der Waals surface area (Å²) in [5, 5.41) is 3.35. The first kappa shape index (κ1) is 17.6. The van der Waals surface area contributed by atoms with E-state index >= 15 is 0 Å². The van der Waals surface area contributed by atoms with E-state index in [1.165, 1.54) is 11.7 Å². The second kappa shape index (κ2) is 6.95. The van der Waals surface area contributed by atoms with Gasteiger partial charge in [0.2, 0.25) is 0 Å². The molecule has 0 saturated carbocycles. The molecule has 5 nitrogen and oxygen atoms in total. The van der Waals surface area contributed by atoms with Crippen molar-refractivity contribution in [2.75, 3.05) is 12.4 Å². The summed E-state index contributed by atoms with van der Waals surface area (Å²) in [7, 11) is 1.50. The highest BCUT2D eigenvalue weighted by atomic mass is 19.1. The highest BCUT2D eigenvalue weighted by Crippen LogP contribution is 2.21. The molecule has 1 N–H and O–H groups in total. The van der Waals surface area contributed by atoms with Gasteiger partial charge in [0.15, 0.2) is 0 Å². The van der Waals surface area contributed by atoms with Crippen LogP contribution in [0.3, 0.4) is 0 Å². The molecule has 0 unspecified atom stereocenters. The van der Waals surface area contributed by atoms with Crippen LogP contribution in [0.1, 0.15) is 17.4 Å². The minimum atomic E-state index is -0.897. The standard InChI is InChI=1S/C19H16F2N2O3/c1-3-23-17(18(24)22-16-7-4-12(20)10-15(16)21)9-11-8-13(26-2)5-6-14(11)19(23)25/h4-10H,3H2,1-2H3,(H,22,24). The minimum absolute atomic E-state index is 0.0713. The van der Waals surface area contributed by atoms with Gasteiger partial charge in [-0.25, -0.2) is 8.78 Å². The number of aromatic nitrogens is 1. The van der Waals surface area contributed by atoms with E-state index < -0.39 is 17.5 Å². The Balaban J connectivity index is 2.10. The van der Waals surface area contributed by atoms with Gasteiger partial charge in [-0.05, 0) is 48.7 Å². The lowest BCUT2D eigenvalue weighted by Gasteiger charge is -2.14. The molecule has 0 atom stereocenters. The van der Waals surface area contributed by atoms with Gasteiger partial charge in [0, 0.05) is 18.0 Å². The second-order valence-electron chi connectivity index (χ2n) is 5.61. The quantitative estimate of drug-likeness (QED) is 0.776. The van der Waals surface area contributed by atoms with Crippen LogP contribution in [0.2, 0.25) is 0 Å². The Bertz CT molecular complexity index is 1060. The van der Waals surface area contributed by atoms with E-state index in [2.05, 4.69) is 5.32 Å².